The predicted octanol–water partition coefficient (Wildman–Crippen LogP) is 3.88. The van der Waals surface area contributed by atoms with Gasteiger partial charge in [-0.05, 0) is 37.6 Å². The van der Waals surface area contributed by atoms with Crippen LogP contribution in [0.2, 0.25) is 0 Å². The van der Waals surface area contributed by atoms with Gasteiger partial charge in [-0.15, -0.1) is 10.2 Å². The molecular weight excluding hydrogens is 356 g/mol. The van der Waals surface area contributed by atoms with Crippen molar-refractivity contribution in [2.75, 3.05) is 20.8 Å². The Morgan fingerprint density at radius 3 is 2.82 bits per heavy atom. The fourth-order valence-corrected chi connectivity index (χ4v) is 3.73. The summed E-state index contributed by atoms with van der Waals surface area (Å²) in [6.07, 6.45) is 6.73. The van der Waals surface area contributed by atoms with Crippen molar-refractivity contribution in [1.82, 2.24) is 20.1 Å². The quantitative estimate of drug-likeness (QED) is 0.642. The Morgan fingerprint density at radius 1 is 1.11 bits per heavy atom. The fourth-order valence-electron chi connectivity index (χ4n) is 3.73. The number of likely N-dealkylation sites (tertiary alicyclic amines) is 1. The van der Waals surface area contributed by atoms with Crippen molar-refractivity contribution >= 4 is 0 Å². The molecule has 1 unspecified atom stereocenters. The summed E-state index contributed by atoms with van der Waals surface area (Å²) in [5.74, 6) is 2.68. The normalized spacial score (nSPS) is 17.4. The van der Waals surface area contributed by atoms with Gasteiger partial charge in [-0.3, -0.25) is 9.88 Å². The van der Waals surface area contributed by atoms with Crippen molar-refractivity contribution < 1.29 is 13.9 Å². The first-order chi connectivity index (χ1) is 13.8. The van der Waals surface area contributed by atoms with E-state index in [1.807, 2.05) is 24.3 Å². The largest absolute Gasteiger partial charge is 0.493 e. The van der Waals surface area contributed by atoms with Gasteiger partial charge in [0.15, 0.2) is 11.5 Å². The van der Waals surface area contributed by atoms with Crippen LogP contribution < -0.4 is 9.47 Å². The number of piperidine rings is 1. The molecule has 7 heteroatoms. The number of methoxy groups -OCH3 is 2. The van der Waals surface area contributed by atoms with Gasteiger partial charge in [0, 0.05) is 24.5 Å². The van der Waals surface area contributed by atoms with Crippen LogP contribution in [0.4, 0.5) is 0 Å². The second-order valence-corrected chi connectivity index (χ2v) is 6.82. The minimum atomic E-state index is 0.0857. The lowest BCUT2D eigenvalue weighted by atomic mass is 10.0. The molecule has 146 valence electrons. The lowest BCUT2D eigenvalue weighted by Crippen LogP contribution is -2.33. The zero-order valence-electron chi connectivity index (χ0n) is 16.2. The summed E-state index contributed by atoms with van der Waals surface area (Å²) in [5, 5.41) is 8.58. The van der Waals surface area contributed by atoms with Crippen LogP contribution in [-0.4, -0.2) is 40.8 Å². The lowest BCUT2D eigenvalue weighted by Gasteiger charge is -2.33. The molecule has 1 aliphatic heterocycles. The first-order valence-corrected chi connectivity index (χ1v) is 9.48. The lowest BCUT2D eigenvalue weighted by molar-refractivity contribution is 0.117. The molecule has 2 aromatic heterocycles. The maximum Gasteiger partial charge on any atom is 0.249 e. The van der Waals surface area contributed by atoms with E-state index in [-0.39, 0.29) is 6.04 Å². The highest BCUT2D eigenvalue weighted by molar-refractivity contribution is 5.50. The molecule has 0 aliphatic carbocycles. The highest BCUT2D eigenvalue weighted by Crippen LogP contribution is 2.36. The second kappa shape index (κ2) is 8.39. The van der Waals surface area contributed by atoms with Crippen molar-refractivity contribution in [1.29, 1.82) is 0 Å². The zero-order valence-corrected chi connectivity index (χ0v) is 16.2. The molecule has 0 N–H and O–H groups in total. The number of pyridine rings is 1. The Morgan fingerprint density at radius 2 is 2.04 bits per heavy atom. The van der Waals surface area contributed by atoms with Gasteiger partial charge in [-0.1, -0.05) is 18.6 Å². The van der Waals surface area contributed by atoms with Crippen LogP contribution in [0.1, 0.15) is 36.8 Å². The molecule has 1 saturated heterocycles. The fraction of sp³-hybridized carbons (Fsp3) is 0.381. The Balaban J connectivity index is 1.59. The Kier molecular flexibility index (Phi) is 5.53. The van der Waals surface area contributed by atoms with Gasteiger partial charge in [0.05, 0.1) is 25.8 Å². The third-order valence-corrected chi connectivity index (χ3v) is 5.11. The van der Waals surface area contributed by atoms with E-state index >= 15 is 0 Å². The van der Waals surface area contributed by atoms with E-state index in [2.05, 4.69) is 26.1 Å². The minimum absolute atomic E-state index is 0.0857. The van der Waals surface area contributed by atoms with Crippen LogP contribution in [0.25, 0.3) is 11.5 Å². The van der Waals surface area contributed by atoms with Crippen LogP contribution in [-0.2, 0) is 6.54 Å². The molecule has 3 aromatic rings. The number of para-hydroxylation sites is 1. The van der Waals surface area contributed by atoms with Gasteiger partial charge in [0.2, 0.25) is 11.8 Å². The number of ether oxygens (including phenoxy) is 2. The summed E-state index contributed by atoms with van der Waals surface area (Å²) in [5.41, 5.74) is 1.92. The molecular formula is C21H24N4O3. The standard InChI is InChI=1S/C21H24N4O3/c1-26-18-10-5-7-16(19(18)27-2)14-25-12-4-3-9-17(25)21-24-23-20(28-21)15-8-6-11-22-13-15/h5-8,10-11,13,17H,3-4,9,12,14H2,1-2H3. The minimum Gasteiger partial charge on any atom is -0.493 e. The maximum absolute atomic E-state index is 6.02. The van der Waals surface area contributed by atoms with E-state index in [0.717, 1.165) is 55.0 Å². The van der Waals surface area contributed by atoms with Gasteiger partial charge < -0.3 is 13.9 Å². The highest BCUT2D eigenvalue weighted by Gasteiger charge is 2.29. The van der Waals surface area contributed by atoms with E-state index in [4.69, 9.17) is 13.9 Å². The van der Waals surface area contributed by atoms with E-state index in [1.54, 1.807) is 26.6 Å². The Hall–Kier alpha value is -2.93. The van der Waals surface area contributed by atoms with Crippen LogP contribution in [0.3, 0.4) is 0 Å². The molecule has 0 radical (unpaired) electrons. The molecule has 0 bridgehead atoms. The van der Waals surface area contributed by atoms with E-state index in [1.165, 1.54) is 0 Å². The molecule has 1 fully saturated rings. The Labute approximate surface area is 164 Å². The Bertz CT molecular complexity index is 913. The highest BCUT2D eigenvalue weighted by atomic mass is 16.5. The number of rotatable bonds is 6. The van der Waals surface area contributed by atoms with Crippen molar-refractivity contribution in [3.8, 4) is 23.0 Å². The van der Waals surface area contributed by atoms with Gasteiger partial charge in [0.1, 0.15) is 0 Å². The van der Waals surface area contributed by atoms with Gasteiger partial charge >= 0.3 is 0 Å². The van der Waals surface area contributed by atoms with Gasteiger partial charge in [-0.25, -0.2) is 0 Å². The molecule has 1 aromatic carbocycles. The summed E-state index contributed by atoms with van der Waals surface area (Å²) in [6.45, 7) is 1.70. The third-order valence-electron chi connectivity index (χ3n) is 5.11. The summed E-state index contributed by atoms with van der Waals surface area (Å²) < 4.78 is 17.1. The monoisotopic (exact) mass is 380 g/mol. The second-order valence-electron chi connectivity index (χ2n) is 6.82. The number of hydrogen-bond acceptors (Lipinski definition) is 7. The number of benzene rings is 1. The van der Waals surface area contributed by atoms with Crippen LogP contribution in [0.15, 0.2) is 47.1 Å². The van der Waals surface area contributed by atoms with Crippen LogP contribution in [0, 0.1) is 0 Å². The van der Waals surface area contributed by atoms with Gasteiger partial charge in [-0.2, -0.15) is 0 Å². The predicted molar refractivity (Wildman–Crippen MR) is 104 cm³/mol. The SMILES string of the molecule is COc1cccc(CN2CCCCC2c2nnc(-c3cccnc3)o2)c1OC. The molecule has 4 rings (SSSR count). The third kappa shape index (κ3) is 3.71. The molecule has 28 heavy (non-hydrogen) atoms. The summed E-state index contributed by atoms with van der Waals surface area (Å²) in [4.78, 5) is 6.50. The van der Waals surface area contributed by atoms with Crippen molar-refractivity contribution in [3.05, 3.63) is 54.2 Å². The molecule has 7 nitrogen and oxygen atoms in total. The molecule has 1 atom stereocenters. The topological polar surface area (TPSA) is 73.5 Å². The first-order valence-electron chi connectivity index (χ1n) is 9.48. The molecule has 0 spiro atoms. The molecule has 3 heterocycles. The zero-order chi connectivity index (χ0) is 19.3. The van der Waals surface area contributed by atoms with Crippen molar-refractivity contribution in [3.63, 3.8) is 0 Å². The molecule has 0 amide bonds. The number of aromatic nitrogens is 3. The van der Waals surface area contributed by atoms with Crippen molar-refractivity contribution in [2.45, 2.75) is 31.8 Å². The summed E-state index contributed by atoms with van der Waals surface area (Å²) in [6, 6.07) is 9.84. The van der Waals surface area contributed by atoms with Crippen LogP contribution in [0.5, 0.6) is 11.5 Å². The first kappa shape index (κ1) is 18.4. The summed E-state index contributed by atoms with van der Waals surface area (Å²) in [7, 11) is 3.33. The maximum atomic E-state index is 6.02. The summed E-state index contributed by atoms with van der Waals surface area (Å²) >= 11 is 0. The number of nitrogens with zero attached hydrogens (tertiary/aromatic N) is 4. The van der Waals surface area contributed by atoms with E-state index in [9.17, 15) is 0 Å². The average molecular weight is 380 g/mol. The van der Waals surface area contributed by atoms with Crippen LogP contribution >= 0.6 is 0 Å². The number of hydrogen-bond donors (Lipinski definition) is 0. The van der Waals surface area contributed by atoms with Gasteiger partial charge in [0.25, 0.3) is 0 Å². The molecule has 1 aliphatic rings. The van der Waals surface area contributed by atoms with E-state index in [0.29, 0.717) is 11.8 Å². The van der Waals surface area contributed by atoms with E-state index < -0.39 is 0 Å². The molecule has 0 saturated carbocycles. The average Bonchev–Trinajstić information content (AvgIpc) is 3.24. The van der Waals surface area contributed by atoms with Crippen molar-refractivity contribution in [2.24, 2.45) is 0 Å². The smallest absolute Gasteiger partial charge is 0.249 e.